The van der Waals surface area contributed by atoms with Gasteiger partial charge in [0.15, 0.2) is 5.82 Å². The van der Waals surface area contributed by atoms with Gasteiger partial charge in [-0.15, -0.1) is 0 Å². The third kappa shape index (κ3) is 2.18. The molecule has 0 spiro atoms. The second-order valence-electron chi connectivity index (χ2n) is 3.78. The van der Waals surface area contributed by atoms with Crippen LogP contribution in [0.5, 0.6) is 0 Å². The lowest BCUT2D eigenvalue weighted by molar-refractivity contribution is 0.602. The van der Waals surface area contributed by atoms with Crippen molar-refractivity contribution in [2.24, 2.45) is 0 Å². The maximum atomic E-state index is 11.2. The van der Waals surface area contributed by atoms with Crippen molar-refractivity contribution in [2.45, 2.75) is 5.16 Å². The van der Waals surface area contributed by atoms with Gasteiger partial charge in [0, 0.05) is 27.8 Å². The molecule has 0 fully saturated rings. The first-order chi connectivity index (χ1) is 9.05. The summed E-state index contributed by atoms with van der Waals surface area (Å²) in [5.74, 6) is 0.239. The topological polar surface area (TPSA) is 88.6 Å². The van der Waals surface area contributed by atoms with Gasteiger partial charge in [0.2, 0.25) is 0 Å². The molecule has 19 heavy (non-hydrogen) atoms. The molecule has 0 aliphatic rings. The third-order valence-corrected chi connectivity index (χ3v) is 3.65. The van der Waals surface area contributed by atoms with Gasteiger partial charge in [-0.2, -0.15) is 10.1 Å². The molecule has 3 rings (SSSR count). The van der Waals surface area contributed by atoms with Crippen LogP contribution in [-0.2, 0) is 9.05 Å². The Morgan fingerprint density at radius 2 is 1.95 bits per heavy atom. The first-order valence-corrected chi connectivity index (χ1v) is 7.58. The Morgan fingerprint density at radius 3 is 2.68 bits per heavy atom. The molecule has 0 aliphatic carbocycles. The van der Waals surface area contributed by atoms with Crippen molar-refractivity contribution >= 4 is 30.6 Å². The summed E-state index contributed by atoms with van der Waals surface area (Å²) in [6, 6.07) is 9.21. The number of aromatic nitrogens is 4. The molecule has 0 amide bonds. The number of nitrogens with one attached hydrogen (secondary N) is 1. The van der Waals surface area contributed by atoms with Gasteiger partial charge in [0.25, 0.3) is 14.2 Å². The predicted octanol–water partition coefficient (Wildman–Crippen LogP) is 1.95. The normalized spacial score (nSPS) is 11.8. The molecule has 0 bridgehead atoms. The van der Waals surface area contributed by atoms with Crippen LogP contribution in [0.15, 0.2) is 41.7 Å². The molecule has 8 heteroatoms. The average Bonchev–Trinajstić information content (AvgIpc) is 2.87. The van der Waals surface area contributed by atoms with E-state index >= 15 is 0 Å². The molecule has 0 saturated heterocycles. The minimum Gasteiger partial charge on any atom is -0.255 e. The lowest BCUT2D eigenvalue weighted by atomic mass is 10.1. The van der Waals surface area contributed by atoms with E-state index in [-0.39, 0.29) is 11.0 Å². The van der Waals surface area contributed by atoms with Crippen molar-refractivity contribution in [3.05, 3.63) is 36.5 Å². The zero-order valence-corrected chi connectivity index (χ0v) is 11.0. The summed E-state index contributed by atoms with van der Waals surface area (Å²) in [5.41, 5.74) is 1.34. The Bertz CT molecular complexity index is 855. The molecule has 0 unspecified atom stereocenters. The second-order valence-corrected chi connectivity index (χ2v) is 6.26. The van der Waals surface area contributed by atoms with Crippen LogP contribution in [-0.4, -0.2) is 28.6 Å². The largest absolute Gasteiger partial charge is 0.296 e. The van der Waals surface area contributed by atoms with Crippen molar-refractivity contribution in [3.63, 3.8) is 0 Å². The van der Waals surface area contributed by atoms with E-state index in [4.69, 9.17) is 10.7 Å². The molecule has 1 aromatic carbocycles. The molecule has 0 radical (unpaired) electrons. The summed E-state index contributed by atoms with van der Waals surface area (Å²) in [6.45, 7) is 0. The number of nitrogens with zero attached hydrogens (tertiary/aromatic N) is 3. The summed E-state index contributed by atoms with van der Waals surface area (Å²) in [4.78, 5) is 8.13. The number of fused-ring (bicyclic) bond motifs is 1. The van der Waals surface area contributed by atoms with Crippen LogP contribution in [0, 0.1) is 0 Å². The molecule has 1 N–H and O–H groups in total. The number of aromatic amines is 1. The van der Waals surface area contributed by atoms with E-state index < -0.39 is 9.05 Å². The van der Waals surface area contributed by atoms with Crippen LogP contribution >= 0.6 is 10.7 Å². The van der Waals surface area contributed by atoms with Gasteiger partial charge in [-0.25, -0.2) is 13.5 Å². The van der Waals surface area contributed by atoms with Gasteiger partial charge in [-0.05, 0) is 12.1 Å². The number of hydrogen-bond donors (Lipinski definition) is 1. The maximum Gasteiger partial charge on any atom is 0.296 e. The van der Waals surface area contributed by atoms with Gasteiger partial charge in [0.05, 0.1) is 5.52 Å². The average molecular weight is 295 g/mol. The Balaban J connectivity index is 2.23. The van der Waals surface area contributed by atoms with E-state index in [0.717, 1.165) is 5.39 Å². The lowest BCUT2D eigenvalue weighted by Gasteiger charge is -2.00. The highest BCUT2D eigenvalue weighted by molar-refractivity contribution is 8.13. The zero-order chi connectivity index (χ0) is 13.5. The van der Waals surface area contributed by atoms with Crippen LogP contribution in [0.4, 0.5) is 0 Å². The second kappa shape index (κ2) is 4.29. The van der Waals surface area contributed by atoms with Crippen LogP contribution in [0.3, 0.4) is 0 Å². The smallest absolute Gasteiger partial charge is 0.255 e. The Morgan fingerprint density at radius 1 is 1.16 bits per heavy atom. The number of hydrogen-bond acceptors (Lipinski definition) is 5. The summed E-state index contributed by atoms with van der Waals surface area (Å²) in [6.07, 6.45) is 1.65. The third-order valence-electron chi connectivity index (χ3n) is 2.57. The van der Waals surface area contributed by atoms with Crippen LogP contribution < -0.4 is 0 Å². The highest BCUT2D eigenvalue weighted by Gasteiger charge is 2.18. The highest BCUT2D eigenvalue weighted by Crippen LogP contribution is 2.24. The first-order valence-electron chi connectivity index (χ1n) is 5.27. The fraction of sp³-hybridized carbons (Fsp3) is 0. The van der Waals surface area contributed by atoms with E-state index in [1.165, 1.54) is 0 Å². The van der Waals surface area contributed by atoms with Crippen LogP contribution in [0.25, 0.3) is 22.3 Å². The number of rotatable bonds is 2. The van der Waals surface area contributed by atoms with E-state index in [0.29, 0.717) is 11.1 Å². The number of pyridine rings is 1. The Kier molecular flexibility index (Phi) is 2.72. The van der Waals surface area contributed by atoms with Gasteiger partial charge >= 0.3 is 0 Å². The number of benzene rings is 1. The van der Waals surface area contributed by atoms with Crippen LogP contribution in [0.2, 0.25) is 0 Å². The van der Waals surface area contributed by atoms with Crippen molar-refractivity contribution in [3.8, 4) is 11.4 Å². The monoisotopic (exact) mass is 294 g/mol. The molecule has 0 aliphatic heterocycles. The molecular weight excluding hydrogens is 288 g/mol. The molecule has 3 aromatic rings. The first kappa shape index (κ1) is 12.1. The minimum atomic E-state index is -3.92. The molecule has 0 atom stereocenters. The van der Waals surface area contributed by atoms with Crippen molar-refractivity contribution in [1.29, 1.82) is 0 Å². The van der Waals surface area contributed by atoms with E-state index in [1.54, 1.807) is 12.3 Å². The number of para-hydroxylation sites is 1. The quantitative estimate of drug-likeness (QED) is 0.730. The lowest BCUT2D eigenvalue weighted by Crippen LogP contribution is -1.93. The summed E-state index contributed by atoms with van der Waals surface area (Å²) in [5, 5.41) is 6.70. The minimum absolute atomic E-state index is 0.239. The fourth-order valence-electron chi connectivity index (χ4n) is 1.76. The predicted molar refractivity (Wildman–Crippen MR) is 70.2 cm³/mol. The maximum absolute atomic E-state index is 11.2. The number of halogens is 1. The summed E-state index contributed by atoms with van der Waals surface area (Å²) in [7, 11) is 1.28. The van der Waals surface area contributed by atoms with Gasteiger partial charge in [-0.1, -0.05) is 18.2 Å². The van der Waals surface area contributed by atoms with E-state index in [9.17, 15) is 8.42 Å². The van der Waals surface area contributed by atoms with E-state index in [1.807, 2.05) is 24.3 Å². The molecule has 2 aromatic heterocycles. The van der Waals surface area contributed by atoms with Gasteiger partial charge in [0.1, 0.15) is 0 Å². The highest BCUT2D eigenvalue weighted by atomic mass is 35.7. The SMILES string of the molecule is O=S(=O)(Cl)c1nc(-c2cccc3cccnc23)n[nH]1. The van der Waals surface area contributed by atoms with Crippen molar-refractivity contribution < 1.29 is 8.42 Å². The fourth-order valence-corrected chi connectivity index (χ4v) is 2.32. The Hall–Kier alpha value is -1.99. The molecule has 6 nitrogen and oxygen atoms in total. The standard InChI is InChI=1S/C11H7ClN4O2S/c12-19(17,18)11-14-10(15-16-11)8-5-1-3-7-4-2-6-13-9(7)8/h1-6H,(H,14,15,16). The van der Waals surface area contributed by atoms with Crippen molar-refractivity contribution in [1.82, 2.24) is 20.2 Å². The van der Waals surface area contributed by atoms with Gasteiger partial charge < -0.3 is 0 Å². The van der Waals surface area contributed by atoms with E-state index in [2.05, 4.69) is 20.2 Å². The van der Waals surface area contributed by atoms with Crippen LogP contribution in [0.1, 0.15) is 0 Å². The molecular formula is C11H7ClN4O2S. The summed E-state index contributed by atoms with van der Waals surface area (Å²) < 4.78 is 22.3. The van der Waals surface area contributed by atoms with Crippen molar-refractivity contribution in [2.75, 3.05) is 0 Å². The van der Waals surface area contributed by atoms with Gasteiger partial charge in [-0.3, -0.25) is 4.98 Å². The molecule has 96 valence electrons. The molecule has 2 heterocycles. The summed E-state index contributed by atoms with van der Waals surface area (Å²) >= 11 is 0. The molecule has 0 saturated carbocycles. The Labute approximate surface area is 112 Å². The zero-order valence-electron chi connectivity index (χ0n) is 9.41. The number of H-pyrrole nitrogens is 1.